The Morgan fingerprint density at radius 2 is 1.96 bits per heavy atom. The summed E-state index contributed by atoms with van der Waals surface area (Å²) in [7, 11) is 1.88. The van der Waals surface area contributed by atoms with Gasteiger partial charge in [-0.3, -0.25) is 4.79 Å². The van der Waals surface area contributed by atoms with Gasteiger partial charge in [0.05, 0.1) is 19.0 Å². The van der Waals surface area contributed by atoms with Crippen molar-refractivity contribution in [2.75, 3.05) is 19.0 Å². The van der Waals surface area contributed by atoms with Gasteiger partial charge in [-0.25, -0.2) is 0 Å². The van der Waals surface area contributed by atoms with Gasteiger partial charge in [-0.15, -0.1) is 10.2 Å². The molecule has 130 valence electrons. The molecule has 0 spiro atoms. The van der Waals surface area contributed by atoms with Crippen LogP contribution >= 0.6 is 11.8 Å². The Morgan fingerprint density at radius 3 is 2.58 bits per heavy atom. The van der Waals surface area contributed by atoms with Gasteiger partial charge < -0.3 is 14.0 Å². The monoisotopic (exact) mass is 349 g/mol. The van der Waals surface area contributed by atoms with E-state index in [1.54, 1.807) is 6.92 Å². The van der Waals surface area contributed by atoms with E-state index in [1.165, 1.54) is 11.8 Å². The zero-order valence-electron chi connectivity index (χ0n) is 14.5. The van der Waals surface area contributed by atoms with Crippen LogP contribution in [0.15, 0.2) is 29.4 Å². The van der Waals surface area contributed by atoms with Crippen LogP contribution in [0.5, 0.6) is 5.75 Å². The second-order valence-corrected chi connectivity index (χ2v) is 6.63. The van der Waals surface area contributed by atoms with E-state index >= 15 is 0 Å². The first-order valence-corrected chi connectivity index (χ1v) is 8.90. The Kier molecular flexibility index (Phi) is 6.66. The molecule has 0 N–H and O–H groups in total. The number of benzene rings is 1. The van der Waals surface area contributed by atoms with Crippen molar-refractivity contribution in [2.45, 2.75) is 25.9 Å². The molecule has 0 fully saturated rings. The minimum Gasteiger partial charge on any atom is -0.493 e. The molecule has 24 heavy (non-hydrogen) atoms. The van der Waals surface area contributed by atoms with Crippen LogP contribution < -0.4 is 4.74 Å². The zero-order valence-corrected chi connectivity index (χ0v) is 15.3. The lowest BCUT2D eigenvalue weighted by Gasteiger charge is -2.09. The maximum absolute atomic E-state index is 11.4. The van der Waals surface area contributed by atoms with E-state index in [-0.39, 0.29) is 11.7 Å². The van der Waals surface area contributed by atoms with Gasteiger partial charge in [0.2, 0.25) is 0 Å². The molecule has 0 atom stereocenters. The number of rotatable bonds is 8. The van der Waals surface area contributed by atoms with Crippen molar-refractivity contribution in [1.82, 2.24) is 14.8 Å². The molecule has 0 saturated heterocycles. The molecule has 1 heterocycles. The van der Waals surface area contributed by atoms with Crippen LogP contribution in [0.4, 0.5) is 0 Å². The number of ether oxygens (including phenoxy) is 2. The molecule has 0 unspecified atom stereocenters. The summed E-state index contributed by atoms with van der Waals surface area (Å²) in [6.45, 7) is 7.09. The molecule has 0 aliphatic rings. The average Bonchev–Trinajstić information content (AvgIpc) is 2.92. The van der Waals surface area contributed by atoms with Gasteiger partial charge in [-0.05, 0) is 37.1 Å². The highest BCUT2D eigenvalue weighted by Crippen LogP contribution is 2.24. The summed E-state index contributed by atoms with van der Waals surface area (Å²) in [6, 6.07) is 7.77. The standard InChI is InChI=1S/C17H23N3O3S/c1-5-22-15(21)11-24-17-19-18-16(20(17)4)13-6-8-14(9-7-13)23-10-12(2)3/h6-9,12H,5,10-11H2,1-4H3. The molecule has 0 saturated carbocycles. The van der Waals surface area contributed by atoms with Gasteiger partial charge in [-0.1, -0.05) is 25.6 Å². The van der Waals surface area contributed by atoms with Crippen LogP contribution in [0.25, 0.3) is 11.4 Å². The second kappa shape index (κ2) is 8.73. The first-order valence-electron chi connectivity index (χ1n) is 7.92. The molecular weight excluding hydrogens is 326 g/mol. The van der Waals surface area contributed by atoms with E-state index in [0.29, 0.717) is 24.3 Å². The van der Waals surface area contributed by atoms with Crippen LogP contribution in [0.3, 0.4) is 0 Å². The quantitative estimate of drug-likeness (QED) is 0.539. The third-order valence-corrected chi connectivity index (χ3v) is 4.15. The van der Waals surface area contributed by atoms with Crippen molar-refractivity contribution in [3.63, 3.8) is 0 Å². The molecule has 0 bridgehead atoms. The maximum Gasteiger partial charge on any atom is 0.316 e. The predicted molar refractivity (Wildman–Crippen MR) is 94.1 cm³/mol. The summed E-state index contributed by atoms with van der Waals surface area (Å²) in [5.74, 6) is 2.05. The Balaban J connectivity index is 2.03. The van der Waals surface area contributed by atoms with Gasteiger partial charge in [-0.2, -0.15) is 0 Å². The van der Waals surface area contributed by atoms with Crippen molar-refractivity contribution >= 4 is 17.7 Å². The number of thioether (sulfide) groups is 1. The third-order valence-electron chi connectivity index (χ3n) is 3.16. The fourth-order valence-electron chi connectivity index (χ4n) is 1.98. The minimum atomic E-state index is -0.251. The zero-order chi connectivity index (χ0) is 17.5. The number of aromatic nitrogens is 3. The lowest BCUT2D eigenvalue weighted by Crippen LogP contribution is -2.07. The highest BCUT2D eigenvalue weighted by molar-refractivity contribution is 7.99. The second-order valence-electron chi connectivity index (χ2n) is 5.69. The fourth-order valence-corrected chi connectivity index (χ4v) is 2.69. The minimum absolute atomic E-state index is 0.224. The van der Waals surface area contributed by atoms with Crippen LogP contribution in [0.2, 0.25) is 0 Å². The van der Waals surface area contributed by atoms with Crippen LogP contribution in [-0.4, -0.2) is 39.7 Å². The number of carbonyl (C=O) groups is 1. The van der Waals surface area contributed by atoms with Crippen LogP contribution in [0, 0.1) is 5.92 Å². The lowest BCUT2D eigenvalue weighted by molar-refractivity contribution is -0.139. The average molecular weight is 349 g/mol. The van der Waals surface area contributed by atoms with Crippen molar-refractivity contribution in [3.8, 4) is 17.1 Å². The highest BCUT2D eigenvalue weighted by atomic mass is 32.2. The molecule has 7 heteroatoms. The molecule has 1 aromatic heterocycles. The highest BCUT2D eigenvalue weighted by Gasteiger charge is 2.13. The summed E-state index contributed by atoms with van der Waals surface area (Å²) >= 11 is 1.32. The van der Waals surface area contributed by atoms with E-state index in [9.17, 15) is 4.79 Å². The first kappa shape index (κ1) is 18.3. The number of carbonyl (C=O) groups excluding carboxylic acids is 1. The molecule has 0 aliphatic heterocycles. The predicted octanol–water partition coefficient (Wildman–Crippen LogP) is 3.17. The first-order chi connectivity index (χ1) is 11.5. The molecule has 0 radical (unpaired) electrons. The fraction of sp³-hybridized carbons (Fsp3) is 0.471. The normalized spacial score (nSPS) is 10.9. The van der Waals surface area contributed by atoms with E-state index in [0.717, 1.165) is 17.1 Å². The van der Waals surface area contributed by atoms with Crippen molar-refractivity contribution in [2.24, 2.45) is 13.0 Å². The smallest absolute Gasteiger partial charge is 0.316 e. The maximum atomic E-state index is 11.4. The number of nitrogens with zero attached hydrogens (tertiary/aromatic N) is 3. The van der Waals surface area contributed by atoms with Crippen molar-refractivity contribution < 1.29 is 14.3 Å². The molecular formula is C17H23N3O3S. The van der Waals surface area contributed by atoms with Crippen molar-refractivity contribution in [3.05, 3.63) is 24.3 Å². The van der Waals surface area contributed by atoms with Crippen LogP contribution in [-0.2, 0) is 16.6 Å². The van der Waals surface area contributed by atoms with Gasteiger partial charge in [0.1, 0.15) is 5.75 Å². The molecule has 0 amide bonds. The SMILES string of the molecule is CCOC(=O)CSc1nnc(-c2ccc(OCC(C)C)cc2)n1C. The summed E-state index contributed by atoms with van der Waals surface area (Å²) in [5.41, 5.74) is 0.949. The summed E-state index contributed by atoms with van der Waals surface area (Å²) in [5, 5.41) is 9.03. The van der Waals surface area contributed by atoms with Crippen molar-refractivity contribution in [1.29, 1.82) is 0 Å². The summed E-state index contributed by atoms with van der Waals surface area (Å²) in [6.07, 6.45) is 0. The molecule has 1 aromatic carbocycles. The Bertz CT molecular complexity index is 668. The van der Waals surface area contributed by atoms with E-state index < -0.39 is 0 Å². The van der Waals surface area contributed by atoms with E-state index in [1.807, 2.05) is 35.9 Å². The topological polar surface area (TPSA) is 66.2 Å². The Labute approximate surface area is 146 Å². The third kappa shape index (κ3) is 4.99. The Morgan fingerprint density at radius 1 is 1.25 bits per heavy atom. The van der Waals surface area contributed by atoms with Gasteiger partial charge in [0.25, 0.3) is 0 Å². The van der Waals surface area contributed by atoms with Gasteiger partial charge in [0.15, 0.2) is 11.0 Å². The molecule has 0 aliphatic carbocycles. The summed E-state index contributed by atoms with van der Waals surface area (Å²) < 4.78 is 12.5. The largest absolute Gasteiger partial charge is 0.493 e. The van der Waals surface area contributed by atoms with E-state index in [2.05, 4.69) is 24.0 Å². The number of esters is 1. The summed E-state index contributed by atoms with van der Waals surface area (Å²) in [4.78, 5) is 11.4. The number of hydrogen-bond donors (Lipinski definition) is 0. The molecule has 2 aromatic rings. The molecule has 6 nitrogen and oxygen atoms in total. The van der Waals surface area contributed by atoms with E-state index in [4.69, 9.17) is 9.47 Å². The van der Waals surface area contributed by atoms with Crippen LogP contribution in [0.1, 0.15) is 20.8 Å². The molecule has 2 rings (SSSR count). The van der Waals surface area contributed by atoms with Gasteiger partial charge >= 0.3 is 5.97 Å². The lowest BCUT2D eigenvalue weighted by atomic mass is 10.2. The number of hydrogen-bond acceptors (Lipinski definition) is 6. The Hall–Kier alpha value is -2.02. The van der Waals surface area contributed by atoms with Gasteiger partial charge in [0, 0.05) is 12.6 Å².